The number of hydrogen-bond acceptors (Lipinski definition) is 5. The summed E-state index contributed by atoms with van der Waals surface area (Å²) in [6, 6.07) is 8.41. The van der Waals surface area contributed by atoms with Crippen molar-refractivity contribution in [2.75, 3.05) is 6.26 Å². The lowest BCUT2D eigenvalue weighted by Gasteiger charge is -2.25. The highest BCUT2D eigenvalue weighted by Crippen LogP contribution is 2.24. The number of hydrogen-bond donors (Lipinski definition) is 2. The zero-order valence-electron chi connectivity index (χ0n) is 16.6. The summed E-state index contributed by atoms with van der Waals surface area (Å²) in [5, 5.41) is 8.85. The molecule has 1 atom stereocenters. The number of benzene rings is 1. The number of rotatable bonds is 8. The van der Waals surface area contributed by atoms with Gasteiger partial charge in [-0.1, -0.05) is 37.6 Å². The summed E-state index contributed by atoms with van der Waals surface area (Å²) in [5.74, 6) is -1.75. The molecule has 1 unspecified atom stereocenters. The summed E-state index contributed by atoms with van der Waals surface area (Å²) in [5.41, 5.74) is 2.64. The van der Waals surface area contributed by atoms with E-state index in [-0.39, 0.29) is 18.5 Å². The molecule has 1 aromatic heterocycles. The number of sulfone groups is 1. The number of amides is 1. The highest BCUT2D eigenvalue weighted by Gasteiger charge is 2.43. The predicted octanol–water partition coefficient (Wildman–Crippen LogP) is 2.31. The fourth-order valence-corrected chi connectivity index (χ4v) is 3.84. The molecule has 1 amide bonds. The number of carbonyl (C=O) groups excluding carboxylic acids is 1. The molecular formula is C20H25FN2O5S. The summed E-state index contributed by atoms with van der Waals surface area (Å²) < 4.78 is 37.7. The lowest BCUT2D eigenvalue weighted by molar-refractivity contribution is -0.131. The Hall–Kier alpha value is -2.52. The zero-order chi connectivity index (χ0) is 21.8. The summed E-state index contributed by atoms with van der Waals surface area (Å²) in [4.78, 5) is 24.3. The first-order chi connectivity index (χ1) is 13.5. The van der Waals surface area contributed by atoms with Crippen LogP contribution in [-0.2, 0) is 27.6 Å². The second kappa shape index (κ2) is 8.87. The molecule has 0 aliphatic rings. The molecule has 2 N–H and O–H groups in total. The fourth-order valence-electron chi connectivity index (χ4n) is 3.00. The molecule has 2 rings (SSSR count). The van der Waals surface area contributed by atoms with Crippen molar-refractivity contribution in [3.63, 3.8) is 0 Å². The SMILES string of the molecule is CCCc1ccc(-c2cc(=O)n(CCC(C)(C(=O)NO)S(C)(=O)=O)cc2F)cc1. The van der Waals surface area contributed by atoms with Gasteiger partial charge in [0.15, 0.2) is 14.6 Å². The Morgan fingerprint density at radius 2 is 1.90 bits per heavy atom. The van der Waals surface area contributed by atoms with Crippen LogP contribution in [0.2, 0.25) is 0 Å². The van der Waals surface area contributed by atoms with Gasteiger partial charge in [-0.3, -0.25) is 14.8 Å². The third-order valence-electron chi connectivity index (χ3n) is 5.11. The lowest BCUT2D eigenvalue weighted by Crippen LogP contribution is -2.50. The Morgan fingerprint density at radius 1 is 1.28 bits per heavy atom. The quantitative estimate of drug-likeness (QED) is 0.500. The molecule has 7 nitrogen and oxygen atoms in total. The molecule has 9 heteroatoms. The van der Waals surface area contributed by atoms with Gasteiger partial charge in [0.2, 0.25) is 0 Å². The van der Waals surface area contributed by atoms with Crippen LogP contribution in [0.15, 0.2) is 41.3 Å². The van der Waals surface area contributed by atoms with E-state index in [1.807, 2.05) is 12.1 Å². The van der Waals surface area contributed by atoms with Gasteiger partial charge in [-0.05, 0) is 30.9 Å². The number of pyridine rings is 1. The highest BCUT2D eigenvalue weighted by atomic mass is 32.2. The molecule has 0 fully saturated rings. The smallest absolute Gasteiger partial charge is 0.264 e. The number of aromatic nitrogens is 1. The molecule has 1 aromatic carbocycles. The number of hydroxylamine groups is 1. The zero-order valence-corrected chi connectivity index (χ0v) is 17.4. The van der Waals surface area contributed by atoms with Crippen molar-refractivity contribution in [2.45, 2.75) is 44.4 Å². The van der Waals surface area contributed by atoms with Gasteiger partial charge < -0.3 is 4.57 Å². The van der Waals surface area contributed by atoms with E-state index < -0.39 is 31.9 Å². The van der Waals surface area contributed by atoms with Crippen LogP contribution in [0.3, 0.4) is 0 Å². The van der Waals surface area contributed by atoms with Crippen LogP contribution in [0, 0.1) is 5.82 Å². The Balaban J connectivity index is 2.32. The number of carbonyl (C=O) groups is 1. The van der Waals surface area contributed by atoms with Crippen LogP contribution < -0.4 is 11.0 Å². The Kier molecular flexibility index (Phi) is 6.97. The van der Waals surface area contributed by atoms with Gasteiger partial charge in [0.25, 0.3) is 11.5 Å². The predicted molar refractivity (Wildman–Crippen MR) is 108 cm³/mol. The van der Waals surface area contributed by atoms with E-state index >= 15 is 0 Å². The average molecular weight is 424 g/mol. The third-order valence-corrected chi connectivity index (χ3v) is 7.14. The molecule has 29 heavy (non-hydrogen) atoms. The first kappa shape index (κ1) is 22.8. The van der Waals surface area contributed by atoms with Crippen molar-refractivity contribution in [3.05, 3.63) is 58.3 Å². The van der Waals surface area contributed by atoms with Crippen molar-refractivity contribution in [3.8, 4) is 11.1 Å². The third kappa shape index (κ3) is 4.91. The van der Waals surface area contributed by atoms with Gasteiger partial charge in [0, 0.05) is 30.6 Å². The van der Waals surface area contributed by atoms with Crippen molar-refractivity contribution in [1.29, 1.82) is 0 Å². The van der Waals surface area contributed by atoms with E-state index in [4.69, 9.17) is 5.21 Å². The van der Waals surface area contributed by atoms with E-state index in [2.05, 4.69) is 6.92 Å². The van der Waals surface area contributed by atoms with Gasteiger partial charge in [0.05, 0.1) is 0 Å². The van der Waals surface area contributed by atoms with Gasteiger partial charge in [-0.25, -0.2) is 18.3 Å². The van der Waals surface area contributed by atoms with Crippen LogP contribution in [0.25, 0.3) is 11.1 Å². The highest BCUT2D eigenvalue weighted by molar-refractivity contribution is 7.92. The standard InChI is InChI=1S/C20H25FN2O5S/c1-4-5-14-6-8-15(9-7-14)16-12-18(24)23(13-17(16)21)11-10-20(2,19(25)22-26)29(3,27)28/h6-9,12-13,26H,4-5,10-11H2,1-3H3,(H,22,25). The maximum atomic E-state index is 14.6. The Bertz CT molecular complexity index is 1050. The minimum Gasteiger partial charge on any atom is -0.312 e. The van der Waals surface area contributed by atoms with Crippen LogP contribution in [0.1, 0.15) is 32.3 Å². The molecular weight excluding hydrogens is 399 g/mol. The maximum absolute atomic E-state index is 14.6. The molecule has 0 aliphatic heterocycles. The van der Waals surface area contributed by atoms with Crippen LogP contribution in [0.5, 0.6) is 0 Å². The first-order valence-corrected chi connectivity index (χ1v) is 11.1. The minimum absolute atomic E-state index is 0.147. The molecule has 0 saturated heterocycles. The van der Waals surface area contributed by atoms with Gasteiger partial charge in [-0.2, -0.15) is 0 Å². The maximum Gasteiger partial charge on any atom is 0.264 e. The number of aryl methyl sites for hydroxylation is 2. The molecule has 0 bridgehead atoms. The average Bonchev–Trinajstić information content (AvgIpc) is 2.67. The summed E-state index contributed by atoms with van der Waals surface area (Å²) >= 11 is 0. The molecule has 0 aliphatic carbocycles. The topological polar surface area (TPSA) is 105 Å². The van der Waals surface area contributed by atoms with E-state index in [0.29, 0.717) is 5.56 Å². The van der Waals surface area contributed by atoms with Crippen molar-refractivity contribution in [2.24, 2.45) is 0 Å². The number of halogens is 1. The van der Waals surface area contributed by atoms with Gasteiger partial charge in [-0.15, -0.1) is 0 Å². The summed E-state index contributed by atoms with van der Waals surface area (Å²) in [6.45, 7) is 2.98. The van der Waals surface area contributed by atoms with E-state index in [0.717, 1.165) is 48.4 Å². The summed E-state index contributed by atoms with van der Waals surface area (Å²) in [6.07, 6.45) is 3.44. The molecule has 1 heterocycles. The Labute approximate surface area is 169 Å². The number of nitrogens with zero attached hydrogens (tertiary/aromatic N) is 1. The Morgan fingerprint density at radius 3 is 2.41 bits per heavy atom. The molecule has 0 spiro atoms. The normalized spacial score (nSPS) is 13.7. The second-order valence-corrected chi connectivity index (χ2v) is 9.65. The van der Waals surface area contributed by atoms with Crippen molar-refractivity contribution < 1.29 is 22.8 Å². The van der Waals surface area contributed by atoms with Gasteiger partial charge >= 0.3 is 0 Å². The van der Waals surface area contributed by atoms with Crippen LogP contribution in [-0.4, -0.2) is 35.1 Å². The first-order valence-electron chi connectivity index (χ1n) is 9.17. The fraction of sp³-hybridized carbons (Fsp3) is 0.400. The van der Waals surface area contributed by atoms with Gasteiger partial charge in [0.1, 0.15) is 5.82 Å². The summed E-state index contributed by atoms with van der Waals surface area (Å²) in [7, 11) is -3.91. The molecule has 0 saturated carbocycles. The van der Waals surface area contributed by atoms with E-state index in [9.17, 15) is 22.4 Å². The van der Waals surface area contributed by atoms with Crippen LogP contribution in [0.4, 0.5) is 4.39 Å². The van der Waals surface area contributed by atoms with Crippen LogP contribution >= 0.6 is 0 Å². The van der Waals surface area contributed by atoms with E-state index in [1.165, 1.54) is 5.48 Å². The second-order valence-electron chi connectivity index (χ2n) is 7.21. The monoisotopic (exact) mass is 424 g/mol. The molecule has 158 valence electrons. The minimum atomic E-state index is -3.91. The number of nitrogens with one attached hydrogen (secondary N) is 1. The molecule has 2 aromatic rings. The van der Waals surface area contributed by atoms with E-state index in [1.54, 1.807) is 12.1 Å². The van der Waals surface area contributed by atoms with Crippen molar-refractivity contribution >= 4 is 15.7 Å². The molecule has 0 radical (unpaired) electrons. The largest absolute Gasteiger partial charge is 0.312 e. The lowest BCUT2D eigenvalue weighted by atomic mass is 10.0. The van der Waals surface area contributed by atoms with Crippen molar-refractivity contribution in [1.82, 2.24) is 10.0 Å².